The molecule has 2 aromatic rings. The third-order valence-corrected chi connectivity index (χ3v) is 3.10. The minimum atomic E-state index is 0.935. The lowest BCUT2D eigenvalue weighted by atomic mass is 9.98. The van der Waals surface area contributed by atoms with Crippen LogP contribution in [0.3, 0.4) is 0 Å². The van der Waals surface area contributed by atoms with Crippen molar-refractivity contribution in [2.75, 3.05) is 0 Å². The van der Waals surface area contributed by atoms with Crippen LogP contribution in [0.15, 0.2) is 16.7 Å². The van der Waals surface area contributed by atoms with Crippen molar-refractivity contribution in [3.05, 3.63) is 29.0 Å². The Balaban J connectivity index is 2.58. The Morgan fingerprint density at radius 1 is 1.06 bits per heavy atom. The van der Waals surface area contributed by atoms with Gasteiger partial charge in [0.05, 0.1) is 5.69 Å². The van der Waals surface area contributed by atoms with E-state index in [0.717, 1.165) is 30.5 Å². The fourth-order valence-electron chi connectivity index (χ4n) is 2.21. The average Bonchev–Trinajstić information content (AvgIpc) is 2.70. The predicted octanol–water partition coefficient (Wildman–Crippen LogP) is 3.91. The number of aryl methyl sites for hydroxylation is 3. The maximum Gasteiger partial charge on any atom is 0.167 e. The average molecular weight is 217 g/mol. The Morgan fingerprint density at radius 3 is 2.50 bits per heavy atom. The zero-order valence-corrected chi connectivity index (χ0v) is 10.3. The number of benzene rings is 1. The van der Waals surface area contributed by atoms with Gasteiger partial charge in [0.25, 0.3) is 0 Å². The van der Waals surface area contributed by atoms with Crippen LogP contribution in [0.4, 0.5) is 0 Å². The summed E-state index contributed by atoms with van der Waals surface area (Å²) >= 11 is 0. The largest absolute Gasteiger partial charge is 0.356 e. The summed E-state index contributed by atoms with van der Waals surface area (Å²) in [6.45, 7) is 6.53. The van der Waals surface area contributed by atoms with Crippen LogP contribution in [0, 0.1) is 0 Å². The molecule has 1 heterocycles. The first-order chi connectivity index (χ1) is 7.80. The van der Waals surface area contributed by atoms with E-state index < -0.39 is 0 Å². The molecule has 0 saturated heterocycles. The summed E-state index contributed by atoms with van der Waals surface area (Å²) in [4.78, 5) is 0. The van der Waals surface area contributed by atoms with Gasteiger partial charge in [0.15, 0.2) is 5.58 Å². The van der Waals surface area contributed by atoms with E-state index in [1.54, 1.807) is 0 Å². The van der Waals surface area contributed by atoms with Crippen molar-refractivity contribution in [3.8, 4) is 0 Å². The molecular formula is C14H19NO. The van der Waals surface area contributed by atoms with Gasteiger partial charge in [-0.1, -0.05) is 32.3 Å². The van der Waals surface area contributed by atoms with E-state index in [4.69, 9.17) is 4.52 Å². The molecule has 2 heteroatoms. The number of nitrogens with zero attached hydrogens (tertiary/aromatic N) is 1. The van der Waals surface area contributed by atoms with Crippen LogP contribution in [-0.4, -0.2) is 5.16 Å². The Bertz CT molecular complexity index is 485. The molecule has 0 N–H and O–H groups in total. The minimum absolute atomic E-state index is 0.935. The molecule has 0 aliphatic carbocycles. The van der Waals surface area contributed by atoms with Crippen molar-refractivity contribution in [3.63, 3.8) is 0 Å². The van der Waals surface area contributed by atoms with Gasteiger partial charge in [0.1, 0.15) is 0 Å². The molecule has 2 nitrogen and oxygen atoms in total. The maximum absolute atomic E-state index is 5.37. The Hall–Kier alpha value is -1.31. The monoisotopic (exact) mass is 217 g/mol. The molecular weight excluding hydrogens is 198 g/mol. The van der Waals surface area contributed by atoms with Crippen molar-refractivity contribution < 1.29 is 4.52 Å². The molecule has 0 atom stereocenters. The number of hydrogen-bond donors (Lipinski definition) is 0. The van der Waals surface area contributed by atoms with E-state index in [2.05, 4.69) is 38.1 Å². The van der Waals surface area contributed by atoms with Crippen molar-refractivity contribution in [2.24, 2.45) is 0 Å². The quantitative estimate of drug-likeness (QED) is 0.776. The van der Waals surface area contributed by atoms with Crippen molar-refractivity contribution in [1.29, 1.82) is 0 Å². The fraction of sp³-hybridized carbons (Fsp3) is 0.500. The highest BCUT2D eigenvalue weighted by Crippen LogP contribution is 2.25. The lowest BCUT2D eigenvalue weighted by Crippen LogP contribution is -1.92. The third-order valence-electron chi connectivity index (χ3n) is 3.10. The first kappa shape index (κ1) is 11.2. The molecule has 0 aliphatic rings. The molecule has 1 aromatic carbocycles. The van der Waals surface area contributed by atoms with E-state index in [0.29, 0.717) is 0 Å². The van der Waals surface area contributed by atoms with Gasteiger partial charge in [-0.15, -0.1) is 0 Å². The Kier molecular flexibility index (Phi) is 3.28. The molecule has 0 spiro atoms. The van der Waals surface area contributed by atoms with E-state index in [-0.39, 0.29) is 0 Å². The second-order valence-corrected chi connectivity index (χ2v) is 4.20. The van der Waals surface area contributed by atoms with Gasteiger partial charge in [0, 0.05) is 5.39 Å². The van der Waals surface area contributed by atoms with Crippen LogP contribution in [0.5, 0.6) is 0 Å². The van der Waals surface area contributed by atoms with Crippen molar-refractivity contribution >= 4 is 11.0 Å². The summed E-state index contributed by atoms with van der Waals surface area (Å²) in [5.74, 6) is 0. The van der Waals surface area contributed by atoms with Crippen molar-refractivity contribution in [1.82, 2.24) is 5.16 Å². The van der Waals surface area contributed by atoms with Gasteiger partial charge in [-0.2, -0.15) is 0 Å². The summed E-state index contributed by atoms with van der Waals surface area (Å²) in [5, 5.41) is 5.31. The van der Waals surface area contributed by atoms with Gasteiger partial charge in [-0.3, -0.25) is 0 Å². The molecule has 1 aromatic heterocycles. The van der Waals surface area contributed by atoms with Gasteiger partial charge < -0.3 is 4.52 Å². The summed E-state index contributed by atoms with van der Waals surface area (Å²) < 4.78 is 5.37. The molecule has 16 heavy (non-hydrogen) atoms. The Morgan fingerprint density at radius 2 is 1.88 bits per heavy atom. The predicted molar refractivity (Wildman–Crippen MR) is 66.8 cm³/mol. The smallest absolute Gasteiger partial charge is 0.167 e. The minimum Gasteiger partial charge on any atom is -0.356 e. The molecule has 0 radical (unpaired) electrons. The van der Waals surface area contributed by atoms with E-state index >= 15 is 0 Å². The Labute approximate surface area is 96.6 Å². The first-order valence-electron chi connectivity index (χ1n) is 6.20. The van der Waals surface area contributed by atoms with E-state index in [9.17, 15) is 0 Å². The third kappa shape index (κ3) is 1.84. The highest BCUT2D eigenvalue weighted by Gasteiger charge is 2.10. The summed E-state index contributed by atoms with van der Waals surface area (Å²) in [7, 11) is 0. The zero-order valence-electron chi connectivity index (χ0n) is 10.3. The topological polar surface area (TPSA) is 26.0 Å². The number of hydrogen-bond acceptors (Lipinski definition) is 2. The summed E-state index contributed by atoms with van der Waals surface area (Å²) in [6, 6.07) is 4.43. The molecule has 86 valence electrons. The summed E-state index contributed by atoms with van der Waals surface area (Å²) in [6.07, 6.45) is 4.33. The summed E-state index contributed by atoms with van der Waals surface area (Å²) in [5.41, 5.74) is 4.87. The van der Waals surface area contributed by atoms with Gasteiger partial charge in [-0.25, -0.2) is 0 Å². The fourth-order valence-corrected chi connectivity index (χ4v) is 2.21. The second kappa shape index (κ2) is 4.69. The molecule has 0 aliphatic heterocycles. The SMILES string of the molecule is CCCc1cc2c(CC)noc2cc1CC. The van der Waals surface area contributed by atoms with Gasteiger partial charge in [0.2, 0.25) is 0 Å². The van der Waals surface area contributed by atoms with E-state index in [1.807, 2.05) is 0 Å². The molecule has 2 rings (SSSR count). The van der Waals surface area contributed by atoms with Gasteiger partial charge in [-0.05, 0) is 42.5 Å². The van der Waals surface area contributed by atoms with Crippen molar-refractivity contribution in [2.45, 2.75) is 46.5 Å². The normalized spacial score (nSPS) is 11.2. The van der Waals surface area contributed by atoms with Crippen LogP contribution in [0.25, 0.3) is 11.0 Å². The first-order valence-corrected chi connectivity index (χ1v) is 6.20. The van der Waals surface area contributed by atoms with E-state index in [1.165, 1.54) is 22.9 Å². The molecule has 0 unspecified atom stereocenters. The highest BCUT2D eigenvalue weighted by molar-refractivity contribution is 5.81. The highest BCUT2D eigenvalue weighted by atomic mass is 16.5. The zero-order chi connectivity index (χ0) is 11.5. The molecule has 0 bridgehead atoms. The van der Waals surface area contributed by atoms with Crippen LogP contribution in [0.1, 0.15) is 44.0 Å². The lowest BCUT2D eigenvalue weighted by molar-refractivity contribution is 0.447. The second-order valence-electron chi connectivity index (χ2n) is 4.20. The van der Waals surface area contributed by atoms with Crippen LogP contribution < -0.4 is 0 Å². The van der Waals surface area contributed by atoms with Crippen LogP contribution in [0.2, 0.25) is 0 Å². The number of aromatic nitrogens is 1. The lowest BCUT2D eigenvalue weighted by Gasteiger charge is -2.06. The standard InChI is InChI=1S/C14H19NO/c1-4-7-11-8-12-13(6-3)15-16-14(12)9-10(11)5-2/h8-9H,4-7H2,1-3H3. The molecule has 0 saturated carbocycles. The maximum atomic E-state index is 5.37. The molecule has 0 amide bonds. The number of rotatable bonds is 4. The molecule has 0 fully saturated rings. The van der Waals surface area contributed by atoms with Crippen LogP contribution in [-0.2, 0) is 19.3 Å². The number of fused-ring (bicyclic) bond motifs is 1. The van der Waals surface area contributed by atoms with Gasteiger partial charge >= 0.3 is 0 Å². The van der Waals surface area contributed by atoms with Crippen LogP contribution >= 0.6 is 0 Å².